The van der Waals surface area contributed by atoms with Crippen molar-refractivity contribution in [2.45, 2.75) is 32.6 Å². The number of thiocarbonyl (C=S) groups is 1. The second-order valence-corrected chi connectivity index (χ2v) is 8.90. The molecule has 0 radical (unpaired) electrons. The van der Waals surface area contributed by atoms with Gasteiger partial charge >= 0.3 is 0 Å². The topological polar surface area (TPSA) is 96.3 Å². The van der Waals surface area contributed by atoms with Crippen molar-refractivity contribution in [1.29, 1.82) is 0 Å². The maximum atomic E-state index is 12.5. The van der Waals surface area contributed by atoms with Crippen LogP contribution >= 0.6 is 12.2 Å². The van der Waals surface area contributed by atoms with Crippen LogP contribution < -0.4 is 15.4 Å². The van der Waals surface area contributed by atoms with Crippen molar-refractivity contribution in [3.63, 3.8) is 0 Å². The lowest BCUT2D eigenvalue weighted by Gasteiger charge is -2.12. The third-order valence-electron chi connectivity index (χ3n) is 4.29. The van der Waals surface area contributed by atoms with Crippen molar-refractivity contribution in [1.82, 2.24) is 5.16 Å². The maximum Gasteiger partial charge on any atom is 0.264 e. The molecule has 3 aromatic rings. The lowest BCUT2D eigenvalue weighted by molar-refractivity contribution is 0.430. The second-order valence-electron chi connectivity index (χ2n) is 6.81. The SMILES string of the molecule is Cc1cc(C)cc(NC(=S)Nc2ccc(S(=O)(=O)Nc3onc(C)c3C)cc2)c1. The Kier molecular flexibility index (Phi) is 5.90. The first-order chi connectivity index (χ1) is 13.6. The summed E-state index contributed by atoms with van der Waals surface area (Å²) in [6.07, 6.45) is 0. The molecule has 0 aliphatic heterocycles. The number of hydrogen-bond donors (Lipinski definition) is 3. The molecular formula is C20H22N4O3S2. The van der Waals surface area contributed by atoms with Crippen LogP contribution in [0.3, 0.4) is 0 Å². The highest BCUT2D eigenvalue weighted by Crippen LogP contribution is 2.23. The van der Waals surface area contributed by atoms with Crippen molar-refractivity contribution in [3.05, 3.63) is 64.8 Å². The van der Waals surface area contributed by atoms with Crippen molar-refractivity contribution in [2.75, 3.05) is 15.4 Å². The number of anilines is 3. The standard InChI is InChI=1S/C20H22N4O3S2/c1-12-9-13(2)11-17(10-12)22-20(28)21-16-5-7-18(8-6-16)29(25,26)24-19-14(3)15(4)23-27-19/h5-11,24H,1-4H3,(H2,21,22,28). The molecule has 0 atom stereocenters. The number of sulfonamides is 1. The molecule has 9 heteroatoms. The zero-order chi connectivity index (χ0) is 21.2. The van der Waals surface area contributed by atoms with Gasteiger partial charge in [-0.15, -0.1) is 0 Å². The van der Waals surface area contributed by atoms with Crippen LogP contribution in [0.15, 0.2) is 51.9 Å². The van der Waals surface area contributed by atoms with Crippen molar-refractivity contribution in [2.24, 2.45) is 0 Å². The van der Waals surface area contributed by atoms with Crippen molar-refractivity contribution >= 4 is 44.6 Å². The predicted octanol–water partition coefficient (Wildman–Crippen LogP) is 4.52. The van der Waals surface area contributed by atoms with Gasteiger partial charge in [0, 0.05) is 16.9 Å². The Hall–Kier alpha value is -2.91. The summed E-state index contributed by atoms with van der Waals surface area (Å²) in [6.45, 7) is 7.51. The number of nitrogens with zero attached hydrogens (tertiary/aromatic N) is 1. The van der Waals surface area contributed by atoms with Gasteiger partial charge in [0.15, 0.2) is 5.11 Å². The monoisotopic (exact) mass is 430 g/mol. The highest BCUT2D eigenvalue weighted by Gasteiger charge is 2.19. The Morgan fingerprint density at radius 3 is 2.07 bits per heavy atom. The van der Waals surface area contributed by atoms with E-state index in [9.17, 15) is 8.42 Å². The van der Waals surface area contributed by atoms with E-state index in [4.69, 9.17) is 16.7 Å². The summed E-state index contributed by atoms with van der Waals surface area (Å²) in [5.74, 6) is 0.114. The van der Waals surface area contributed by atoms with Gasteiger partial charge in [0.2, 0.25) is 5.88 Å². The molecule has 0 fully saturated rings. The zero-order valence-corrected chi connectivity index (χ0v) is 18.2. The second kappa shape index (κ2) is 8.22. The molecule has 29 heavy (non-hydrogen) atoms. The third kappa shape index (κ3) is 5.12. The van der Waals surface area contributed by atoms with Gasteiger partial charge in [-0.05, 0) is 87.4 Å². The van der Waals surface area contributed by atoms with Crippen LogP contribution in [0, 0.1) is 27.7 Å². The lowest BCUT2D eigenvalue weighted by atomic mass is 10.1. The molecule has 0 unspecified atom stereocenters. The van der Waals surface area contributed by atoms with E-state index in [0.29, 0.717) is 22.1 Å². The molecule has 3 N–H and O–H groups in total. The summed E-state index contributed by atoms with van der Waals surface area (Å²) in [5, 5.41) is 10.3. The van der Waals surface area contributed by atoms with Crippen LogP contribution in [0.25, 0.3) is 0 Å². The van der Waals surface area contributed by atoms with Gasteiger partial charge < -0.3 is 15.2 Å². The summed E-state index contributed by atoms with van der Waals surface area (Å²) in [7, 11) is -3.79. The largest absolute Gasteiger partial charge is 0.337 e. The molecule has 0 bridgehead atoms. The number of benzene rings is 2. The van der Waals surface area contributed by atoms with Gasteiger partial charge in [0.05, 0.1) is 10.6 Å². The number of aromatic nitrogens is 1. The zero-order valence-electron chi connectivity index (χ0n) is 16.5. The van der Waals surface area contributed by atoms with Crippen molar-refractivity contribution in [3.8, 4) is 0 Å². The highest BCUT2D eigenvalue weighted by molar-refractivity contribution is 7.92. The van der Waals surface area contributed by atoms with E-state index in [-0.39, 0.29) is 10.8 Å². The lowest BCUT2D eigenvalue weighted by Crippen LogP contribution is -2.19. The van der Waals surface area contributed by atoms with Crippen molar-refractivity contribution < 1.29 is 12.9 Å². The number of hydrogen-bond acceptors (Lipinski definition) is 5. The average molecular weight is 431 g/mol. The van der Waals surface area contributed by atoms with Gasteiger partial charge in [0.1, 0.15) is 0 Å². The minimum Gasteiger partial charge on any atom is -0.337 e. The van der Waals surface area contributed by atoms with Gasteiger partial charge in [-0.25, -0.2) is 13.1 Å². The molecule has 152 valence electrons. The van der Waals surface area contributed by atoms with E-state index in [0.717, 1.165) is 16.8 Å². The minimum atomic E-state index is -3.79. The fourth-order valence-electron chi connectivity index (χ4n) is 2.75. The fourth-order valence-corrected chi connectivity index (χ4v) is 4.03. The average Bonchev–Trinajstić information content (AvgIpc) is 2.93. The van der Waals surface area contributed by atoms with E-state index in [1.165, 1.54) is 12.1 Å². The maximum absolute atomic E-state index is 12.5. The molecule has 1 heterocycles. The van der Waals surface area contributed by atoms with Crippen LogP contribution in [0.4, 0.5) is 17.3 Å². The van der Waals surface area contributed by atoms with Gasteiger partial charge in [-0.2, -0.15) is 0 Å². The van der Waals surface area contributed by atoms with Gasteiger partial charge in [-0.1, -0.05) is 11.2 Å². The van der Waals surface area contributed by atoms with E-state index >= 15 is 0 Å². The number of rotatable bonds is 5. The summed E-state index contributed by atoms with van der Waals surface area (Å²) < 4.78 is 32.5. The first-order valence-electron chi connectivity index (χ1n) is 8.86. The van der Waals surface area contributed by atoms with Gasteiger partial charge in [-0.3, -0.25) is 0 Å². The Morgan fingerprint density at radius 1 is 0.931 bits per heavy atom. The molecule has 0 aliphatic carbocycles. The highest BCUT2D eigenvalue weighted by atomic mass is 32.2. The molecular weight excluding hydrogens is 408 g/mol. The fraction of sp³-hybridized carbons (Fsp3) is 0.200. The minimum absolute atomic E-state index is 0.102. The Bertz CT molecular complexity index is 1130. The molecule has 0 aliphatic rings. The summed E-state index contributed by atoms with van der Waals surface area (Å²) in [5.41, 5.74) is 5.10. The summed E-state index contributed by atoms with van der Waals surface area (Å²) in [4.78, 5) is 0.102. The Labute approximate surface area is 175 Å². The Balaban J connectivity index is 1.67. The van der Waals surface area contributed by atoms with Crippen LogP contribution in [0.1, 0.15) is 22.4 Å². The summed E-state index contributed by atoms with van der Waals surface area (Å²) >= 11 is 5.34. The van der Waals surface area contributed by atoms with Crippen LogP contribution in [-0.4, -0.2) is 18.7 Å². The quantitative estimate of drug-likeness (QED) is 0.512. The smallest absolute Gasteiger partial charge is 0.264 e. The molecule has 0 spiro atoms. The third-order valence-corrected chi connectivity index (χ3v) is 5.84. The van der Waals surface area contributed by atoms with Crippen LogP contribution in [0.5, 0.6) is 0 Å². The first kappa shape index (κ1) is 20.8. The molecule has 1 aromatic heterocycles. The molecule has 7 nitrogen and oxygen atoms in total. The molecule has 0 saturated carbocycles. The molecule has 0 amide bonds. The van der Waals surface area contributed by atoms with E-state index in [2.05, 4.69) is 26.6 Å². The van der Waals surface area contributed by atoms with E-state index in [1.807, 2.05) is 26.0 Å². The van der Waals surface area contributed by atoms with E-state index in [1.54, 1.807) is 26.0 Å². The Morgan fingerprint density at radius 2 is 1.52 bits per heavy atom. The normalized spacial score (nSPS) is 11.2. The predicted molar refractivity (Wildman–Crippen MR) is 119 cm³/mol. The van der Waals surface area contributed by atoms with Crippen LogP contribution in [-0.2, 0) is 10.0 Å². The summed E-state index contributed by atoms with van der Waals surface area (Å²) in [6, 6.07) is 12.3. The first-order valence-corrected chi connectivity index (χ1v) is 10.8. The molecule has 2 aromatic carbocycles. The molecule has 0 saturated heterocycles. The van der Waals surface area contributed by atoms with Crippen LogP contribution in [0.2, 0.25) is 0 Å². The number of aryl methyl sites for hydroxylation is 3. The molecule has 3 rings (SSSR count). The number of nitrogens with one attached hydrogen (secondary N) is 3. The van der Waals surface area contributed by atoms with E-state index < -0.39 is 10.0 Å². The van der Waals surface area contributed by atoms with Gasteiger partial charge in [0.25, 0.3) is 10.0 Å².